The van der Waals surface area contributed by atoms with Crippen LogP contribution in [-0.2, 0) is 7.05 Å². The van der Waals surface area contributed by atoms with Gasteiger partial charge < -0.3 is 5.11 Å². The minimum atomic E-state index is -1.01. The molecule has 78 valence electrons. The number of carboxylic acids is 1. The summed E-state index contributed by atoms with van der Waals surface area (Å²) in [6.07, 6.45) is 1.71. The van der Waals surface area contributed by atoms with E-state index < -0.39 is 5.97 Å². The van der Waals surface area contributed by atoms with E-state index in [1.807, 2.05) is 30.3 Å². The van der Waals surface area contributed by atoms with Gasteiger partial charge in [0.15, 0.2) is 5.69 Å². The zero-order valence-electron chi connectivity index (χ0n) is 8.21. The number of rotatable bonds is 2. The third kappa shape index (κ3) is 2.35. The van der Waals surface area contributed by atoms with Gasteiger partial charge in [0.25, 0.3) is 0 Å². The van der Waals surface area contributed by atoms with Crippen LogP contribution in [0.25, 0.3) is 11.1 Å². The van der Waals surface area contributed by atoms with Gasteiger partial charge in [-0.25, -0.2) is 4.79 Å². The molecule has 0 bridgehead atoms. The van der Waals surface area contributed by atoms with Crippen LogP contribution < -0.4 is 0 Å². The van der Waals surface area contributed by atoms with Gasteiger partial charge in [0, 0.05) is 18.8 Å². The third-order valence-electron chi connectivity index (χ3n) is 2.12. The van der Waals surface area contributed by atoms with Crippen molar-refractivity contribution in [3.05, 3.63) is 42.2 Å². The molecule has 16 heavy (non-hydrogen) atoms. The quantitative estimate of drug-likeness (QED) is 0.756. The Bertz CT molecular complexity index is 494. The Morgan fingerprint density at radius 3 is 2.50 bits per heavy atom. The molecule has 0 unspecified atom stereocenters. The number of carbonyl (C=O) groups is 1. The number of aromatic nitrogens is 2. The molecule has 0 atom stereocenters. The van der Waals surface area contributed by atoms with Crippen molar-refractivity contribution in [1.29, 1.82) is 0 Å². The zero-order valence-corrected chi connectivity index (χ0v) is 8.21. The number of nitrogens with zero attached hydrogens (tertiary/aromatic N) is 2. The van der Waals surface area contributed by atoms with Crippen LogP contribution >= 0.6 is 0 Å². The monoisotopic (exact) mass is 210 g/mol. The van der Waals surface area contributed by atoms with Gasteiger partial charge in [0.1, 0.15) is 0 Å². The fourth-order valence-corrected chi connectivity index (χ4v) is 1.48. The molecule has 5 heteroatoms. The summed E-state index contributed by atoms with van der Waals surface area (Å²) in [6.45, 7) is 0. The summed E-state index contributed by atoms with van der Waals surface area (Å²) in [5.74, 6) is -1.01. The second kappa shape index (κ2) is 5.02. The number of aromatic carboxylic acids is 1. The van der Waals surface area contributed by atoms with Gasteiger partial charge in [-0.1, -0.05) is 30.3 Å². The van der Waals surface area contributed by atoms with Gasteiger partial charge in [0.05, 0.1) is 0 Å². The molecule has 2 aromatic rings. The number of benzene rings is 1. The van der Waals surface area contributed by atoms with Crippen LogP contribution in [0.1, 0.15) is 10.5 Å². The summed E-state index contributed by atoms with van der Waals surface area (Å²) in [6, 6.07) is 9.36. The summed E-state index contributed by atoms with van der Waals surface area (Å²) >= 11 is 0. The average molecular weight is 210 g/mol. The van der Waals surface area contributed by atoms with E-state index in [0.29, 0.717) is 5.56 Å². The van der Waals surface area contributed by atoms with E-state index >= 15 is 0 Å². The van der Waals surface area contributed by atoms with Gasteiger partial charge >= 0.3 is 24.8 Å². The first-order valence-electron chi connectivity index (χ1n) is 4.51. The van der Waals surface area contributed by atoms with Gasteiger partial charge in [0.2, 0.25) is 0 Å². The first-order valence-corrected chi connectivity index (χ1v) is 4.51. The van der Waals surface area contributed by atoms with Crippen molar-refractivity contribution in [2.45, 2.75) is 0 Å². The predicted octanol–water partition coefficient (Wildman–Crippen LogP) is 1.14. The molecule has 0 aliphatic carbocycles. The Hall–Kier alpha value is -1.50. The van der Waals surface area contributed by atoms with Crippen LogP contribution in [-0.4, -0.2) is 39.7 Å². The van der Waals surface area contributed by atoms with Crippen molar-refractivity contribution in [3.8, 4) is 11.1 Å². The number of carboxylic acid groups (broad SMARTS) is 1. The summed E-state index contributed by atoms with van der Waals surface area (Å²) in [4.78, 5) is 10.9. The number of aryl methyl sites for hydroxylation is 1. The molecule has 0 aliphatic heterocycles. The van der Waals surface area contributed by atoms with Crippen molar-refractivity contribution in [3.63, 3.8) is 0 Å². The SMILES string of the molecule is Cn1cc(-c2ccccc2)c(C(=O)O)n1.[LiH]. The molecule has 2 rings (SSSR count). The Kier molecular flexibility index (Phi) is 3.94. The van der Waals surface area contributed by atoms with E-state index in [1.165, 1.54) is 4.68 Å². The van der Waals surface area contributed by atoms with Gasteiger partial charge in [-0.05, 0) is 5.56 Å². The van der Waals surface area contributed by atoms with Crippen LogP contribution in [0.2, 0.25) is 0 Å². The Morgan fingerprint density at radius 2 is 1.94 bits per heavy atom. The van der Waals surface area contributed by atoms with Gasteiger partial charge in [-0.15, -0.1) is 0 Å². The zero-order chi connectivity index (χ0) is 10.8. The fraction of sp³-hybridized carbons (Fsp3) is 0.0909. The first kappa shape index (κ1) is 12.6. The molecular formula is C11H11LiN2O2. The molecule has 0 fully saturated rings. The fourth-order valence-electron chi connectivity index (χ4n) is 1.48. The van der Waals surface area contributed by atoms with E-state index in [1.54, 1.807) is 13.2 Å². The first-order chi connectivity index (χ1) is 7.18. The predicted molar refractivity (Wildman–Crippen MR) is 62.8 cm³/mol. The molecule has 0 saturated heterocycles. The second-order valence-electron chi connectivity index (χ2n) is 3.24. The van der Waals surface area contributed by atoms with Crippen LogP contribution in [0.3, 0.4) is 0 Å². The van der Waals surface area contributed by atoms with E-state index in [4.69, 9.17) is 5.11 Å². The average Bonchev–Trinajstić information content (AvgIpc) is 2.62. The van der Waals surface area contributed by atoms with Crippen molar-refractivity contribution in [2.75, 3.05) is 0 Å². The van der Waals surface area contributed by atoms with E-state index in [0.717, 1.165) is 5.56 Å². The molecule has 0 saturated carbocycles. The molecule has 1 aromatic carbocycles. The molecule has 0 amide bonds. The van der Waals surface area contributed by atoms with Crippen molar-refractivity contribution in [1.82, 2.24) is 9.78 Å². The van der Waals surface area contributed by atoms with Crippen LogP contribution in [0.4, 0.5) is 0 Å². The Morgan fingerprint density at radius 1 is 1.31 bits per heavy atom. The summed E-state index contributed by atoms with van der Waals surface area (Å²) in [5, 5.41) is 12.9. The summed E-state index contributed by atoms with van der Waals surface area (Å²) in [7, 11) is 1.71. The number of hydrogen-bond acceptors (Lipinski definition) is 2. The molecular weight excluding hydrogens is 199 g/mol. The molecule has 4 nitrogen and oxygen atoms in total. The Balaban J connectivity index is 0.00000128. The van der Waals surface area contributed by atoms with Crippen LogP contribution in [0, 0.1) is 0 Å². The van der Waals surface area contributed by atoms with Crippen LogP contribution in [0.5, 0.6) is 0 Å². The van der Waals surface area contributed by atoms with E-state index in [2.05, 4.69) is 5.10 Å². The molecule has 0 radical (unpaired) electrons. The summed E-state index contributed by atoms with van der Waals surface area (Å²) < 4.78 is 1.51. The van der Waals surface area contributed by atoms with Crippen LogP contribution in [0.15, 0.2) is 36.5 Å². The molecule has 0 aliphatic rings. The standard InChI is InChI=1S/C11H10N2O2.Li.H/c1-13-7-9(10(12-13)11(14)15)8-5-3-2-4-6-8;;/h2-7H,1H3,(H,14,15);;. The van der Waals surface area contributed by atoms with Crippen molar-refractivity contribution < 1.29 is 9.90 Å². The molecule has 1 N–H and O–H groups in total. The van der Waals surface area contributed by atoms with E-state index in [-0.39, 0.29) is 24.6 Å². The van der Waals surface area contributed by atoms with Gasteiger partial charge in [-0.3, -0.25) is 4.68 Å². The molecule has 0 spiro atoms. The van der Waals surface area contributed by atoms with E-state index in [9.17, 15) is 4.79 Å². The maximum atomic E-state index is 10.9. The Labute approximate surface area is 105 Å². The molecule has 1 aromatic heterocycles. The molecule has 1 heterocycles. The van der Waals surface area contributed by atoms with Crippen molar-refractivity contribution in [2.24, 2.45) is 7.05 Å². The maximum absolute atomic E-state index is 10.9. The van der Waals surface area contributed by atoms with Crippen molar-refractivity contribution >= 4 is 24.8 Å². The minimum absolute atomic E-state index is 0. The number of hydrogen-bond donors (Lipinski definition) is 1. The normalized spacial score (nSPS) is 9.56. The summed E-state index contributed by atoms with van der Waals surface area (Å²) in [5.41, 5.74) is 1.59. The second-order valence-corrected chi connectivity index (χ2v) is 3.24. The van der Waals surface area contributed by atoms with Gasteiger partial charge in [-0.2, -0.15) is 5.10 Å². The third-order valence-corrected chi connectivity index (χ3v) is 2.12. The topological polar surface area (TPSA) is 55.1 Å².